The predicted octanol–water partition coefficient (Wildman–Crippen LogP) is 1.11. The van der Waals surface area contributed by atoms with Gasteiger partial charge >= 0.3 is 0 Å². The van der Waals surface area contributed by atoms with Crippen LogP contribution in [0, 0.1) is 11.8 Å². The molecule has 2 atom stereocenters. The number of nitrogens with zero attached hydrogens (tertiary/aromatic N) is 2. The number of hydrogen-bond acceptors (Lipinski definition) is 3. The highest BCUT2D eigenvalue weighted by atomic mass is 16.1. The maximum atomic E-state index is 11.4. The SMILES string of the molecule is O=C1C2CC1CN(c1ccccn1)C2. The summed E-state index contributed by atoms with van der Waals surface area (Å²) in [5.74, 6) is 2.05. The minimum atomic E-state index is 0.288. The lowest BCUT2D eigenvalue weighted by Crippen LogP contribution is -2.56. The van der Waals surface area contributed by atoms with E-state index in [9.17, 15) is 4.79 Å². The first-order chi connectivity index (χ1) is 6.84. The third kappa shape index (κ3) is 1.05. The van der Waals surface area contributed by atoms with Gasteiger partial charge in [0.25, 0.3) is 0 Å². The minimum absolute atomic E-state index is 0.288. The number of pyridine rings is 1. The molecule has 0 N–H and O–H groups in total. The van der Waals surface area contributed by atoms with Gasteiger partial charge < -0.3 is 4.90 Å². The summed E-state index contributed by atoms with van der Waals surface area (Å²) in [6.07, 6.45) is 2.90. The van der Waals surface area contributed by atoms with Gasteiger partial charge in [0.05, 0.1) is 0 Å². The Morgan fingerprint density at radius 3 is 2.64 bits per heavy atom. The van der Waals surface area contributed by atoms with Crippen LogP contribution >= 0.6 is 0 Å². The zero-order valence-electron chi connectivity index (χ0n) is 7.89. The maximum Gasteiger partial charge on any atom is 0.142 e. The smallest absolute Gasteiger partial charge is 0.142 e. The summed E-state index contributed by atoms with van der Waals surface area (Å²) in [5.41, 5.74) is 0. The topological polar surface area (TPSA) is 33.2 Å². The molecule has 2 unspecified atom stereocenters. The van der Waals surface area contributed by atoms with Crippen LogP contribution in [0.2, 0.25) is 0 Å². The Kier molecular flexibility index (Phi) is 1.60. The molecule has 0 spiro atoms. The van der Waals surface area contributed by atoms with Crippen molar-refractivity contribution in [2.24, 2.45) is 11.8 Å². The second kappa shape index (κ2) is 2.80. The predicted molar refractivity (Wildman–Crippen MR) is 53.1 cm³/mol. The van der Waals surface area contributed by atoms with Crippen LogP contribution in [0.1, 0.15) is 6.42 Å². The number of anilines is 1. The molecule has 3 heteroatoms. The van der Waals surface area contributed by atoms with Crippen LogP contribution in [-0.4, -0.2) is 23.9 Å². The van der Waals surface area contributed by atoms with Gasteiger partial charge in [0.1, 0.15) is 11.6 Å². The Morgan fingerprint density at radius 1 is 1.29 bits per heavy atom. The number of rotatable bonds is 1. The summed E-state index contributed by atoms with van der Waals surface area (Å²) in [7, 11) is 0. The molecule has 0 radical (unpaired) electrons. The van der Waals surface area contributed by atoms with E-state index in [1.165, 1.54) is 0 Å². The van der Waals surface area contributed by atoms with Crippen molar-refractivity contribution < 1.29 is 4.79 Å². The van der Waals surface area contributed by atoms with E-state index >= 15 is 0 Å². The van der Waals surface area contributed by atoms with Crippen molar-refractivity contribution in [1.82, 2.24) is 4.98 Å². The Labute approximate surface area is 82.8 Å². The van der Waals surface area contributed by atoms with Crippen molar-refractivity contribution in [3.05, 3.63) is 24.4 Å². The molecule has 3 nitrogen and oxygen atoms in total. The van der Waals surface area contributed by atoms with Crippen LogP contribution in [0.5, 0.6) is 0 Å². The molecule has 2 bridgehead atoms. The molecule has 2 aliphatic heterocycles. The summed E-state index contributed by atoms with van der Waals surface area (Å²) in [5, 5.41) is 0. The first-order valence-corrected chi connectivity index (χ1v) is 5.04. The van der Waals surface area contributed by atoms with E-state index in [0.29, 0.717) is 5.78 Å². The van der Waals surface area contributed by atoms with Gasteiger partial charge in [0, 0.05) is 31.1 Å². The number of Topliss-reactive ketones (excluding diaryl/α,β-unsaturated/α-hetero) is 1. The van der Waals surface area contributed by atoms with Crippen LogP contribution in [0.15, 0.2) is 24.4 Å². The second-order valence-electron chi connectivity index (χ2n) is 4.12. The number of piperidine rings is 2. The van der Waals surface area contributed by atoms with E-state index in [4.69, 9.17) is 0 Å². The number of aromatic nitrogens is 1. The Balaban J connectivity index is 1.80. The average molecular weight is 188 g/mol. The van der Waals surface area contributed by atoms with Crippen LogP contribution in [0.4, 0.5) is 5.82 Å². The van der Waals surface area contributed by atoms with E-state index in [1.54, 1.807) is 6.20 Å². The second-order valence-corrected chi connectivity index (χ2v) is 4.12. The lowest BCUT2D eigenvalue weighted by atomic mass is 9.70. The van der Waals surface area contributed by atoms with Crippen molar-refractivity contribution in [2.45, 2.75) is 6.42 Å². The van der Waals surface area contributed by atoms with Gasteiger partial charge in [-0.05, 0) is 18.6 Å². The zero-order chi connectivity index (χ0) is 9.54. The first-order valence-electron chi connectivity index (χ1n) is 5.04. The highest BCUT2D eigenvalue weighted by Crippen LogP contribution is 2.37. The van der Waals surface area contributed by atoms with Crippen LogP contribution in [0.3, 0.4) is 0 Å². The molecule has 72 valence electrons. The quantitative estimate of drug-likeness (QED) is 0.661. The Hall–Kier alpha value is -1.38. The minimum Gasteiger partial charge on any atom is -0.355 e. The fourth-order valence-electron chi connectivity index (χ4n) is 2.41. The lowest BCUT2D eigenvalue weighted by molar-refractivity contribution is -0.136. The summed E-state index contributed by atoms with van der Waals surface area (Å²) < 4.78 is 0. The van der Waals surface area contributed by atoms with Crippen LogP contribution in [-0.2, 0) is 4.79 Å². The molecule has 4 rings (SSSR count). The summed E-state index contributed by atoms with van der Waals surface area (Å²) in [4.78, 5) is 17.9. The number of carbonyl (C=O) groups is 1. The molecule has 1 aromatic heterocycles. The summed E-state index contributed by atoms with van der Waals surface area (Å²) >= 11 is 0. The van der Waals surface area contributed by atoms with E-state index in [2.05, 4.69) is 9.88 Å². The highest BCUT2D eigenvalue weighted by molar-refractivity contribution is 5.91. The molecule has 1 aromatic rings. The lowest BCUT2D eigenvalue weighted by Gasteiger charge is -2.45. The van der Waals surface area contributed by atoms with Gasteiger partial charge in [-0.2, -0.15) is 0 Å². The van der Waals surface area contributed by atoms with Gasteiger partial charge in [0.15, 0.2) is 0 Å². The van der Waals surface area contributed by atoms with Crippen molar-refractivity contribution >= 4 is 11.6 Å². The molecule has 3 heterocycles. The number of hydrogen-bond donors (Lipinski definition) is 0. The normalized spacial score (nSPS) is 30.0. The monoisotopic (exact) mass is 188 g/mol. The fourth-order valence-corrected chi connectivity index (χ4v) is 2.41. The number of fused-ring (bicyclic) bond motifs is 2. The average Bonchev–Trinajstić information content (AvgIpc) is 2.30. The fraction of sp³-hybridized carbons (Fsp3) is 0.455. The molecule has 0 amide bonds. The number of ketones is 1. The Bertz CT molecular complexity index is 349. The van der Waals surface area contributed by atoms with Crippen molar-refractivity contribution in [2.75, 3.05) is 18.0 Å². The molecular formula is C11H12N2O. The molecule has 1 aliphatic carbocycles. The molecule has 1 saturated carbocycles. The molecule has 0 aromatic carbocycles. The van der Waals surface area contributed by atoms with Gasteiger partial charge in [-0.25, -0.2) is 4.98 Å². The third-order valence-electron chi connectivity index (χ3n) is 3.23. The summed E-state index contributed by atoms with van der Waals surface area (Å²) in [6, 6.07) is 5.92. The largest absolute Gasteiger partial charge is 0.355 e. The standard InChI is InChI=1S/C11H12N2O/c14-11-8-5-9(11)7-13(6-8)10-3-1-2-4-12-10/h1-4,8-9H,5-7H2. The highest BCUT2D eigenvalue weighted by Gasteiger charge is 2.45. The maximum absolute atomic E-state index is 11.4. The summed E-state index contributed by atoms with van der Waals surface area (Å²) in [6.45, 7) is 1.73. The van der Waals surface area contributed by atoms with Crippen molar-refractivity contribution in [3.63, 3.8) is 0 Å². The van der Waals surface area contributed by atoms with Crippen molar-refractivity contribution in [3.8, 4) is 0 Å². The van der Waals surface area contributed by atoms with Crippen LogP contribution in [0.25, 0.3) is 0 Å². The van der Waals surface area contributed by atoms with Gasteiger partial charge in [0.2, 0.25) is 0 Å². The Morgan fingerprint density at radius 2 is 2.07 bits per heavy atom. The van der Waals surface area contributed by atoms with Crippen molar-refractivity contribution in [1.29, 1.82) is 0 Å². The molecule has 3 aliphatic rings. The van der Waals surface area contributed by atoms with Gasteiger partial charge in [-0.15, -0.1) is 0 Å². The van der Waals surface area contributed by atoms with Crippen LogP contribution < -0.4 is 4.90 Å². The number of carbonyl (C=O) groups excluding carboxylic acids is 1. The molecule has 3 fully saturated rings. The van der Waals surface area contributed by atoms with E-state index in [-0.39, 0.29) is 11.8 Å². The third-order valence-corrected chi connectivity index (χ3v) is 3.23. The van der Waals surface area contributed by atoms with Gasteiger partial charge in [-0.1, -0.05) is 6.07 Å². The van der Waals surface area contributed by atoms with E-state index in [0.717, 1.165) is 25.3 Å². The molecular weight excluding hydrogens is 176 g/mol. The zero-order valence-corrected chi connectivity index (χ0v) is 7.89. The molecule has 14 heavy (non-hydrogen) atoms. The van der Waals surface area contributed by atoms with Gasteiger partial charge in [-0.3, -0.25) is 4.79 Å². The van der Waals surface area contributed by atoms with E-state index in [1.807, 2.05) is 18.2 Å². The first kappa shape index (κ1) is 7.97. The van der Waals surface area contributed by atoms with E-state index < -0.39 is 0 Å². The molecule has 2 saturated heterocycles.